The first-order valence-electron chi connectivity index (χ1n) is 7.08. The van der Waals surface area contributed by atoms with Gasteiger partial charge in [-0.05, 0) is 42.8 Å². The number of hydrogen-bond donors (Lipinski definition) is 2. The Labute approximate surface area is 132 Å². The van der Waals surface area contributed by atoms with Gasteiger partial charge in [-0.2, -0.15) is 0 Å². The molecule has 0 bridgehead atoms. The van der Waals surface area contributed by atoms with E-state index in [0.29, 0.717) is 16.5 Å². The van der Waals surface area contributed by atoms with E-state index in [9.17, 15) is 9.59 Å². The number of amides is 1. The number of nitrogens with zero attached hydrogens (tertiary/aromatic N) is 2. The summed E-state index contributed by atoms with van der Waals surface area (Å²) in [6, 6.07) is 10.6. The molecule has 0 spiro atoms. The highest BCUT2D eigenvalue weighted by molar-refractivity contribution is 5.94. The molecule has 0 unspecified atom stereocenters. The normalized spacial score (nSPS) is 10.7. The summed E-state index contributed by atoms with van der Waals surface area (Å²) in [4.78, 5) is 27.7. The van der Waals surface area contributed by atoms with Crippen molar-refractivity contribution >= 4 is 28.2 Å². The smallest absolute Gasteiger partial charge is 0.260 e. The van der Waals surface area contributed by atoms with Crippen molar-refractivity contribution in [2.45, 2.75) is 6.92 Å². The van der Waals surface area contributed by atoms with Crippen LogP contribution in [0.25, 0.3) is 10.9 Å². The van der Waals surface area contributed by atoms with Crippen LogP contribution in [0.5, 0.6) is 0 Å². The van der Waals surface area contributed by atoms with Crippen molar-refractivity contribution in [3.05, 3.63) is 64.2 Å². The van der Waals surface area contributed by atoms with E-state index >= 15 is 0 Å². The Morgan fingerprint density at radius 1 is 1.22 bits per heavy atom. The fraction of sp³-hybridized carbons (Fsp3) is 0.118. The quantitative estimate of drug-likeness (QED) is 0.775. The van der Waals surface area contributed by atoms with Crippen LogP contribution in [-0.2, 0) is 7.05 Å². The molecule has 0 saturated carbocycles. The summed E-state index contributed by atoms with van der Waals surface area (Å²) in [6.45, 7) is 1.93. The van der Waals surface area contributed by atoms with Gasteiger partial charge in [0.25, 0.3) is 5.56 Å². The second-order valence-corrected chi connectivity index (χ2v) is 5.41. The largest absolute Gasteiger partial charge is 0.366 e. The summed E-state index contributed by atoms with van der Waals surface area (Å²) in [6.07, 6.45) is 1.50. The third-order valence-corrected chi connectivity index (χ3v) is 3.72. The van der Waals surface area contributed by atoms with E-state index in [1.165, 1.54) is 10.9 Å². The molecular formula is C17H16N4O2. The minimum absolute atomic E-state index is 0.110. The summed E-state index contributed by atoms with van der Waals surface area (Å²) in [7, 11) is 1.66. The molecule has 0 aliphatic carbocycles. The fourth-order valence-corrected chi connectivity index (χ4v) is 2.35. The predicted molar refractivity (Wildman–Crippen MR) is 90.0 cm³/mol. The molecule has 3 N–H and O–H groups in total. The Balaban J connectivity index is 2.05. The van der Waals surface area contributed by atoms with Gasteiger partial charge in [-0.3, -0.25) is 9.59 Å². The van der Waals surface area contributed by atoms with Gasteiger partial charge in [-0.25, -0.2) is 4.98 Å². The topological polar surface area (TPSA) is 90.0 Å². The first-order chi connectivity index (χ1) is 11.0. The van der Waals surface area contributed by atoms with E-state index in [4.69, 9.17) is 5.73 Å². The molecule has 0 saturated heterocycles. The molecule has 0 aliphatic rings. The minimum Gasteiger partial charge on any atom is -0.366 e. The van der Waals surface area contributed by atoms with Crippen LogP contribution in [0.1, 0.15) is 15.9 Å². The van der Waals surface area contributed by atoms with Crippen LogP contribution in [-0.4, -0.2) is 15.5 Å². The highest BCUT2D eigenvalue weighted by atomic mass is 16.1. The molecule has 3 rings (SSSR count). The minimum atomic E-state index is -0.482. The van der Waals surface area contributed by atoms with Crippen molar-refractivity contribution < 1.29 is 4.79 Å². The van der Waals surface area contributed by atoms with E-state index in [1.54, 1.807) is 31.3 Å². The van der Waals surface area contributed by atoms with E-state index in [-0.39, 0.29) is 5.56 Å². The van der Waals surface area contributed by atoms with Crippen LogP contribution < -0.4 is 16.6 Å². The summed E-state index contributed by atoms with van der Waals surface area (Å²) in [5.74, 6) is -0.482. The van der Waals surface area contributed by atoms with Crippen molar-refractivity contribution in [3.8, 4) is 0 Å². The zero-order chi connectivity index (χ0) is 16.6. The van der Waals surface area contributed by atoms with E-state index in [2.05, 4.69) is 10.3 Å². The number of nitrogens with one attached hydrogen (secondary N) is 1. The first-order valence-corrected chi connectivity index (χ1v) is 7.08. The lowest BCUT2D eigenvalue weighted by atomic mass is 10.1. The summed E-state index contributed by atoms with van der Waals surface area (Å²) in [5.41, 5.74) is 8.75. The van der Waals surface area contributed by atoms with Gasteiger partial charge in [-0.15, -0.1) is 0 Å². The number of primary amides is 1. The summed E-state index contributed by atoms with van der Waals surface area (Å²) in [5, 5.41) is 3.75. The number of benzene rings is 2. The van der Waals surface area contributed by atoms with Crippen molar-refractivity contribution in [1.29, 1.82) is 0 Å². The lowest BCUT2D eigenvalue weighted by Gasteiger charge is -2.11. The number of carbonyl (C=O) groups is 1. The Morgan fingerprint density at radius 3 is 2.74 bits per heavy atom. The molecule has 0 radical (unpaired) electrons. The Hall–Kier alpha value is -3.15. The van der Waals surface area contributed by atoms with Gasteiger partial charge in [0.2, 0.25) is 5.91 Å². The monoisotopic (exact) mass is 308 g/mol. The fourth-order valence-electron chi connectivity index (χ4n) is 2.35. The maximum Gasteiger partial charge on any atom is 0.260 e. The number of hydrogen-bond acceptors (Lipinski definition) is 4. The van der Waals surface area contributed by atoms with Gasteiger partial charge in [-0.1, -0.05) is 6.07 Å². The Morgan fingerprint density at radius 2 is 2.00 bits per heavy atom. The van der Waals surface area contributed by atoms with Gasteiger partial charge in [0, 0.05) is 24.0 Å². The molecule has 2 aromatic carbocycles. The zero-order valence-electron chi connectivity index (χ0n) is 12.8. The van der Waals surface area contributed by atoms with Crippen LogP contribution in [0, 0.1) is 6.92 Å². The molecule has 0 atom stereocenters. The first kappa shape index (κ1) is 14.8. The average molecular weight is 308 g/mol. The second kappa shape index (κ2) is 5.57. The highest BCUT2D eigenvalue weighted by Gasteiger charge is 2.07. The number of aromatic nitrogens is 2. The standard InChI is InChI=1S/C17H16N4O2/c1-10-3-4-11(16(18)22)7-15(10)20-12-5-6-14-13(8-12)17(23)21(2)9-19-14/h3-9,20H,1-2H3,(H2,18,22). The second-order valence-electron chi connectivity index (χ2n) is 5.41. The van der Waals surface area contributed by atoms with Crippen LogP contribution in [0.2, 0.25) is 0 Å². The van der Waals surface area contributed by atoms with Crippen LogP contribution >= 0.6 is 0 Å². The molecule has 23 heavy (non-hydrogen) atoms. The Bertz CT molecular complexity index is 976. The van der Waals surface area contributed by atoms with Gasteiger partial charge in [0.15, 0.2) is 0 Å². The third-order valence-electron chi connectivity index (χ3n) is 3.72. The number of aryl methyl sites for hydroxylation is 2. The van der Waals surface area contributed by atoms with Crippen molar-refractivity contribution in [2.75, 3.05) is 5.32 Å². The van der Waals surface area contributed by atoms with Crippen molar-refractivity contribution in [2.24, 2.45) is 12.8 Å². The molecule has 1 amide bonds. The molecule has 6 nitrogen and oxygen atoms in total. The summed E-state index contributed by atoms with van der Waals surface area (Å²) < 4.78 is 1.44. The van der Waals surface area contributed by atoms with E-state index < -0.39 is 5.91 Å². The van der Waals surface area contributed by atoms with Crippen molar-refractivity contribution in [3.63, 3.8) is 0 Å². The predicted octanol–water partition coefficient (Wildman–Crippen LogP) is 2.08. The lowest BCUT2D eigenvalue weighted by Crippen LogP contribution is -2.16. The highest BCUT2D eigenvalue weighted by Crippen LogP contribution is 2.23. The number of nitrogens with two attached hydrogens (primary N) is 1. The third kappa shape index (κ3) is 2.78. The summed E-state index contributed by atoms with van der Waals surface area (Å²) >= 11 is 0. The molecule has 3 aromatic rings. The van der Waals surface area contributed by atoms with E-state index in [0.717, 1.165) is 16.9 Å². The number of anilines is 2. The molecule has 1 aromatic heterocycles. The van der Waals surface area contributed by atoms with Gasteiger partial charge in [0.05, 0.1) is 17.2 Å². The maximum atomic E-state index is 12.2. The van der Waals surface area contributed by atoms with Crippen LogP contribution in [0.3, 0.4) is 0 Å². The molecule has 1 heterocycles. The molecular weight excluding hydrogens is 292 g/mol. The molecule has 116 valence electrons. The number of rotatable bonds is 3. The zero-order valence-corrected chi connectivity index (χ0v) is 12.8. The molecule has 0 aliphatic heterocycles. The van der Waals surface area contributed by atoms with Crippen molar-refractivity contribution in [1.82, 2.24) is 9.55 Å². The SMILES string of the molecule is Cc1ccc(C(N)=O)cc1Nc1ccc2ncn(C)c(=O)c2c1. The number of carbonyl (C=O) groups excluding carboxylic acids is 1. The van der Waals surface area contributed by atoms with E-state index in [1.807, 2.05) is 19.1 Å². The maximum absolute atomic E-state index is 12.2. The molecule has 0 fully saturated rings. The average Bonchev–Trinajstić information content (AvgIpc) is 2.53. The Kier molecular flexibility index (Phi) is 3.57. The van der Waals surface area contributed by atoms with Gasteiger partial charge < -0.3 is 15.6 Å². The lowest BCUT2D eigenvalue weighted by molar-refractivity contribution is 0.100. The van der Waals surface area contributed by atoms with Crippen LogP contribution in [0.4, 0.5) is 11.4 Å². The van der Waals surface area contributed by atoms with Gasteiger partial charge in [0.1, 0.15) is 0 Å². The molecule has 6 heteroatoms. The van der Waals surface area contributed by atoms with Crippen LogP contribution in [0.15, 0.2) is 47.5 Å². The number of fused-ring (bicyclic) bond motifs is 1. The van der Waals surface area contributed by atoms with Gasteiger partial charge >= 0.3 is 0 Å².